The SMILES string of the molecule is CC(C)(C)OC(=O)Nc1ccc(NC2CCC2)c([N+](=O)[O-])c1. The molecule has 1 fully saturated rings. The van der Waals surface area contributed by atoms with Crippen molar-refractivity contribution in [3.63, 3.8) is 0 Å². The fourth-order valence-electron chi connectivity index (χ4n) is 2.08. The molecular formula is C15H21N3O4. The van der Waals surface area contributed by atoms with E-state index in [4.69, 9.17) is 4.74 Å². The average Bonchev–Trinajstić information content (AvgIpc) is 2.32. The standard InChI is InChI=1S/C15H21N3O4/c1-15(2,3)22-14(19)17-11-7-8-12(13(9-11)18(20)21)16-10-5-4-6-10/h7-10,16H,4-6H2,1-3H3,(H,17,19). The van der Waals surface area contributed by atoms with Crippen LogP contribution in [0.3, 0.4) is 0 Å². The molecule has 7 heteroatoms. The number of carbonyl (C=O) groups is 1. The maximum absolute atomic E-state index is 11.7. The van der Waals surface area contributed by atoms with E-state index >= 15 is 0 Å². The molecule has 0 heterocycles. The number of nitrogens with zero attached hydrogens (tertiary/aromatic N) is 1. The van der Waals surface area contributed by atoms with Crippen LogP contribution >= 0.6 is 0 Å². The number of nitrogens with one attached hydrogen (secondary N) is 2. The molecule has 0 aromatic heterocycles. The molecule has 1 amide bonds. The van der Waals surface area contributed by atoms with E-state index in [9.17, 15) is 14.9 Å². The summed E-state index contributed by atoms with van der Waals surface area (Å²) in [5.74, 6) is 0. The van der Waals surface area contributed by atoms with Crippen LogP contribution in [0.4, 0.5) is 21.9 Å². The largest absolute Gasteiger partial charge is 0.444 e. The molecule has 1 saturated carbocycles. The van der Waals surface area contributed by atoms with Gasteiger partial charge in [0.25, 0.3) is 5.69 Å². The van der Waals surface area contributed by atoms with Crippen molar-refractivity contribution in [1.82, 2.24) is 0 Å². The van der Waals surface area contributed by atoms with Gasteiger partial charge in [-0.25, -0.2) is 4.79 Å². The third kappa shape index (κ3) is 4.34. The maximum Gasteiger partial charge on any atom is 0.412 e. The molecule has 1 aliphatic rings. The Hall–Kier alpha value is -2.31. The fraction of sp³-hybridized carbons (Fsp3) is 0.533. The van der Waals surface area contributed by atoms with Crippen LogP contribution < -0.4 is 10.6 Å². The highest BCUT2D eigenvalue weighted by molar-refractivity contribution is 5.86. The summed E-state index contributed by atoms with van der Waals surface area (Å²) in [7, 11) is 0. The molecule has 0 bridgehead atoms. The van der Waals surface area contributed by atoms with Crippen LogP contribution in [0.1, 0.15) is 40.0 Å². The number of benzene rings is 1. The fourth-order valence-corrected chi connectivity index (χ4v) is 2.08. The third-order valence-electron chi connectivity index (χ3n) is 3.30. The van der Waals surface area contributed by atoms with Crippen molar-refractivity contribution in [2.45, 2.75) is 51.7 Å². The third-order valence-corrected chi connectivity index (χ3v) is 3.30. The van der Waals surface area contributed by atoms with E-state index in [1.54, 1.807) is 32.9 Å². The first-order chi connectivity index (χ1) is 10.2. The second-order valence-electron chi connectivity index (χ2n) is 6.39. The van der Waals surface area contributed by atoms with Gasteiger partial charge in [-0.1, -0.05) is 0 Å². The summed E-state index contributed by atoms with van der Waals surface area (Å²) < 4.78 is 5.13. The quantitative estimate of drug-likeness (QED) is 0.650. The van der Waals surface area contributed by atoms with Crippen molar-refractivity contribution < 1.29 is 14.5 Å². The first-order valence-electron chi connectivity index (χ1n) is 7.29. The van der Waals surface area contributed by atoms with E-state index in [0.717, 1.165) is 19.3 Å². The molecule has 1 aromatic rings. The summed E-state index contributed by atoms with van der Waals surface area (Å²) >= 11 is 0. The van der Waals surface area contributed by atoms with Gasteiger partial charge < -0.3 is 10.1 Å². The summed E-state index contributed by atoms with van der Waals surface area (Å²) in [5.41, 5.74) is 0.131. The Morgan fingerprint density at radius 1 is 1.36 bits per heavy atom. The summed E-state index contributed by atoms with van der Waals surface area (Å²) in [5, 5.41) is 16.9. The Balaban J connectivity index is 2.11. The zero-order valence-electron chi connectivity index (χ0n) is 13.0. The van der Waals surface area contributed by atoms with Gasteiger partial charge in [-0.15, -0.1) is 0 Å². The van der Waals surface area contributed by atoms with E-state index in [1.807, 2.05) is 0 Å². The van der Waals surface area contributed by atoms with Gasteiger partial charge in [0.1, 0.15) is 11.3 Å². The highest BCUT2D eigenvalue weighted by atomic mass is 16.6. The van der Waals surface area contributed by atoms with Crippen molar-refractivity contribution >= 4 is 23.2 Å². The molecular weight excluding hydrogens is 286 g/mol. The smallest absolute Gasteiger partial charge is 0.412 e. The molecule has 7 nitrogen and oxygen atoms in total. The molecule has 0 spiro atoms. The van der Waals surface area contributed by atoms with Crippen LogP contribution in [0.5, 0.6) is 0 Å². The highest BCUT2D eigenvalue weighted by Crippen LogP contribution is 2.32. The van der Waals surface area contributed by atoms with Crippen molar-refractivity contribution in [3.05, 3.63) is 28.3 Å². The van der Waals surface area contributed by atoms with Crippen molar-refractivity contribution in [2.75, 3.05) is 10.6 Å². The van der Waals surface area contributed by atoms with Crippen LogP contribution in [-0.2, 0) is 4.74 Å². The Morgan fingerprint density at radius 2 is 2.05 bits per heavy atom. The van der Waals surface area contributed by atoms with Gasteiger partial charge in [0, 0.05) is 12.1 Å². The topological polar surface area (TPSA) is 93.5 Å². The lowest BCUT2D eigenvalue weighted by molar-refractivity contribution is -0.383. The van der Waals surface area contributed by atoms with Crippen LogP contribution in [-0.4, -0.2) is 22.7 Å². The Bertz CT molecular complexity index is 577. The number of carbonyl (C=O) groups excluding carboxylic acids is 1. The van der Waals surface area contributed by atoms with E-state index < -0.39 is 16.6 Å². The Morgan fingerprint density at radius 3 is 2.55 bits per heavy atom. The van der Waals surface area contributed by atoms with Crippen LogP contribution in [0.15, 0.2) is 18.2 Å². The highest BCUT2D eigenvalue weighted by Gasteiger charge is 2.23. The van der Waals surface area contributed by atoms with Crippen LogP contribution in [0.2, 0.25) is 0 Å². The zero-order valence-corrected chi connectivity index (χ0v) is 13.0. The van der Waals surface area contributed by atoms with Gasteiger partial charge in [0.15, 0.2) is 0 Å². The predicted molar refractivity (Wildman–Crippen MR) is 84.2 cm³/mol. The molecule has 120 valence electrons. The summed E-state index contributed by atoms with van der Waals surface area (Å²) in [6.45, 7) is 5.25. The predicted octanol–water partition coefficient (Wildman–Crippen LogP) is 3.91. The van der Waals surface area contributed by atoms with Crippen molar-refractivity contribution in [3.8, 4) is 0 Å². The molecule has 0 unspecified atom stereocenters. The number of hydrogen-bond donors (Lipinski definition) is 2. The lowest BCUT2D eigenvalue weighted by Gasteiger charge is -2.27. The zero-order chi connectivity index (χ0) is 16.3. The molecule has 2 N–H and O–H groups in total. The van der Waals surface area contributed by atoms with Gasteiger partial charge in [-0.05, 0) is 52.2 Å². The first kappa shape index (κ1) is 16.1. The first-order valence-corrected chi connectivity index (χ1v) is 7.29. The van der Waals surface area contributed by atoms with E-state index in [1.165, 1.54) is 6.07 Å². The van der Waals surface area contributed by atoms with Crippen LogP contribution in [0.25, 0.3) is 0 Å². The second kappa shape index (κ2) is 6.21. The number of nitro benzene ring substituents is 1. The average molecular weight is 307 g/mol. The number of rotatable bonds is 4. The molecule has 0 aliphatic heterocycles. The maximum atomic E-state index is 11.7. The number of anilines is 2. The minimum Gasteiger partial charge on any atom is -0.444 e. The number of hydrogen-bond acceptors (Lipinski definition) is 5. The lowest BCUT2D eigenvalue weighted by atomic mass is 9.93. The molecule has 1 aromatic carbocycles. The molecule has 0 radical (unpaired) electrons. The minimum absolute atomic E-state index is 0.0551. The number of nitro groups is 1. The number of ether oxygens (including phenoxy) is 1. The van der Waals surface area contributed by atoms with Gasteiger partial charge in [-0.2, -0.15) is 0 Å². The van der Waals surface area contributed by atoms with Gasteiger partial charge >= 0.3 is 6.09 Å². The van der Waals surface area contributed by atoms with Gasteiger partial charge in [0.05, 0.1) is 10.6 Å². The molecule has 0 saturated heterocycles. The van der Waals surface area contributed by atoms with Gasteiger partial charge in [0.2, 0.25) is 0 Å². The van der Waals surface area contributed by atoms with E-state index in [-0.39, 0.29) is 5.69 Å². The monoisotopic (exact) mass is 307 g/mol. The molecule has 22 heavy (non-hydrogen) atoms. The van der Waals surface area contributed by atoms with Crippen LogP contribution in [0, 0.1) is 10.1 Å². The lowest BCUT2D eigenvalue weighted by Crippen LogP contribution is -2.28. The Kier molecular flexibility index (Phi) is 4.54. The van der Waals surface area contributed by atoms with E-state index in [2.05, 4.69) is 10.6 Å². The summed E-state index contributed by atoms with van der Waals surface area (Å²) in [6, 6.07) is 4.87. The minimum atomic E-state index is -0.637. The van der Waals surface area contributed by atoms with Gasteiger partial charge in [-0.3, -0.25) is 15.4 Å². The second-order valence-corrected chi connectivity index (χ2v) is 6.39. The van der Waals surface area contributed by atoms with Crippen molar-refractivity contribution in [2.24, 2.45) is 0 Å². The normalized spacial score (nSPS) is 14.9. The van der Waals surface area contributed by atoms with E-state index in [0.29, 0.717) is 17.4 Å². The summed E-state index contributed by atoms with van der Waals surface area (Å²) in [6.07, 6.45) is 2.55. The summed E-state index contributed by atoms with van der Waals surface area (Å²) in [4.78, 5) is 22.4. The Labute approximate surface area is 129 Å². The van der Waals surface area contributed by atoms with Crippen molar-refractivity contribution in [1.29, 1.82) is 0 Å². The molecule has 0 atom stereocenters. The molecule has 1 aliphatic carbocycles. The number of amides is 1. The molecule has 2 rings (SSSR count).